The quantitative estimate of drug-likeness (QED) is 0.561. The van der Waals surface area contributed by atoms with E-state index >= 15 is 0 Å². The molecule has 0 unspecified atom stereocenters. The van der Waals surface area contributed by atoms with Crippen LogP contribution in [0.5, 0.6) is 0 Å². The lowest BCUT2D eigenvalue weighted by Crippen LogP contribution is -2.49. The largest absolute Gasteiger partial charge is 0.657 e. The molecule has 0 radical (unpaired) electrons. The fraction of sp³-hybridized carbons (Fsp3) is 0.400. The number of aryl methyl sites for hydroxylation is 1. The maximum Gasteiger partial charge on any atom is 0.657 e. The molecule has 0 spiro atoms. The van der Waals surface area contributed by atoms with Gasteiger partial charge in [0.15, 0.2) is 0 Å². The van der Waals surface area contributed by atoms with Gasteiger partial charge in [0.1, 0.15) is 5.59 Å². The zero-order valence-electron chi connectivity index (χ0n) is 10.1. The van der Waals surface area contributed by atoms with Crippen molar-refractivity contribution in [3.05, 3.63) is 18.1 Å². The van der Waals surface area contributed by atoms with Gasteiger partial charge in [-0.25, -0.2) is 0 Å². The van der Waals surface area contributed by atoms with E-state index in [0.29, 0.717) is 11.3 Å². The van der Waals surface area contributed by atoms with E-state index < -0.39 is 19.1 Å². The first-order valence-corrected chi connectivity index (χ1v) is 5.40. The molecule has 0 aliphatic carbocycles. The normalized spacial score (nSPS) is 17.8. The van der Waals surface area contributed by atoms with Crippen LogP contribution >= 0.6 is 0 Å². The van der Waals surface area contributed by atoms with Crippen LogP contribution in [-0.2, 0) is 18.9 Å². The zero-order chi connectivity index (χ0) is 13.1. The summed E-state index contributed by atoms with van der Waals surface area (Å²) in [6, 6.07) is 0. The minimum atomic E-state index is -1.12. The van der Waals surface area contributed by atoms with E-state index in [1.165, 1.54) is 11.1 Å². The van der Waals surface area contributed by atoms with Crippen molar-refractivity contribution in [1.82, 2.24) is 14.9 Å². The summed E-state index contributed by atoms with van der Waals surface area (Å²) in [4.78, 5) is 32.6. The second kappa shape index (κ2) is 5.13. The molecule has 2 heterocycles. The van der Waals surface area contributed by atoms with Crippen molar-refractivity contribution >= 4 is 24.7 Å². The second-order valence-corrected chi connectivity index (χ2v) is 4.07. The summed E-state index contributed by atoms with van der Waals surface area (Å²) in [6.45, 7) is 1.81. The lowest BCUT2D eigenvalue weighted by Gasteiger charge is -2.22. The average molecular weight is 249 g/mol. The first-order valence-electron chi connectivity index (χ1n) is 5.40. The Morgan fingerprint density at radius 3 is 2.39 bits per heavy atom. The van der Waals surface area contributed by atoms with Crippen molar-refractivity contribution < 1.29 is 18.9 Å². The smallest absolute Gasteiger partial charge is 0.493 e. The number of likely N-dealkylation sites (N-methyl/N-ethyl adjacent to an activating group) is 1. The van der Waals surface area contributed by atoms with Gasteiger partial charge in [0.2, 0.25) is 0 Å². The molecule has 1 fully saturated rings. The molecular weight excluding hydrogens is 237 g/mol. The van der Waals surface area contributed by atoms with Crippen molar-refractivity contribution in [2.75, 3.05) is 20.1 Å². The Hall–Kier alpha value is -1.96. The van der Waals surface area contributed by atoms with Gasteiger partial charge in [-0.2, -0.15) is 0 Å². The summed E-state index contributed by atoms with van der Waals surface area (Å²) >= 11 is 0. The van der Waals surface area contributed by atoms with Crippen molar-refractivity contribution in [3.8, 4) is 0 Å². The van der Waals surface area contributed by atoms with Gasteiger partial charge >= 0.3 is 19.1 Å². The van der Waals surface area contributed by atoms with Crippen LogP contribution < -0.4 is 5.59 Å². The minimum Gasteiger partial charge on any atom is -0.493 e. The molecule has 1 aromatic rings. The number of carbonyl (C=O) groups excluding carboxylic acids is 2. The van der Waals surface area contributed by atoms with E-state index in [2.05, 4.69) is 9.97 Å². The van der Waals surface area contributed by atoms with E-state index in [-0.39, 0.29) is 13.1 Å². The van der Waals surface area contributed by atoms with Crippen LogP contribution in [0.25, 0.3) is 0 Å². The molecule has 1 aromatic heterocycles. The van der Waals surface area contributed by atoms with E-state index in [9.17, 15) is 9.59 Å². The molecule has 0 N–H and O–H groups in total. The van der Waals surface area contributed by atoms with Gasteiger partial charge in [-0.1, -0.05) is 0 Å². The lowest BCUT2D eigenvalue weighted by atomic mass is 9.84. The fourth-order valence-corrected chi connectivity index (χ4v) is 1.55. The van der Waals surface area contributed by atoms with E-state index in [1.807, 2.05) is 0 Å². The number of aromatic nitrogens is 2. The SMILES string of the molecule is Cc1cncc(B2OC(=O)CN(C)CC(=O)O2)n1. The van der Waals surface area contributed by atoms with Crippen molar-refractivity contribution in [2.24, 2.45) is 0 Å². The first kappa shape index (κ1) is 12.5. The predicted octanol–water partition coefficient (Wildman–Crippen LogP) is -1.49. The zero-order valence-corrected chi connectivity index (χ0v) is 10.1. The van der Waals surface area contributed by atoms with Crippen LogP contribution in [0.1, 0.15) is 5.69 Å². The molecule has 2 rings (SSSR count). The molecule has 0 aromatic carbocycles. The van der Waals surface area contributed by atoms with Gasteiger partial charge in [0.05, 0.1) is 18.8 Å². The summed E-state index contributed by atoms with van der Waals surface area (Å²) in [5.74, 6) is -0.948. The summed E-state index contributed by atoms with van der Waals surface area (Å²) < 4.78 is 10.1. The highest BCUT2D eigenvalue weighted by Gasteiger charge is 2.35. The Kier molecular flexibility index (Phi) is 3.56. The molecule has 8 heteroatoms. The van der Waals surface area contributed by atoms with Crippen molar-refractivity contribution in [2.45, 2.75) is 6.92 Å². The third-order valence-corrected chi connectivity index (χ3v) is 2.29. The Balaban J connectivity index is 2.20. The second-order valence-electron chi connectivity index (χ2n) is 4.07. The van der Waals surface area contributed by atoms with Gasteiger partial charge in [-0.05, 0) is 14.0 Å². The number of rotatable bonds is 1. The van der Waals surface area contributed by atoms with Gasteiger partial charge < -0.3 is 9.31 Å². The molecule has 0 amide bonds. The summed E-state index contributed by atoms with van der Waals surface area (Å²) in [5.41, 5.74) is 0.958. The van der Waals surface area contributed by atoms with Crippen molar-refractivity contribution in [3.63, 3.8) is 0 Å². The van der Waals surface area contributed by atoms with Crippen LogP contribution in [0.4, 0.5) is 0 Å². The highest BCUT2D eigenvalue weighted by molar-refractivity contribution is 6.63. The van der Waals surface area contributed by atoms with E-state index in [1.54, 1.807) is 20.2 Å². The van der Waals surface area contributed by atoms with Gasteiger partial charge in [0.25, 0.3) is 0 Å². The number of nitrogens with zero attached hydrogens (tertiary/aromatic N) is 3. The molecule has 18 heavy (non-hydrogen) atoms. The van der Waals surface area contributed by atoms with E-state index in [0.717, 1.165) is 0 Å². The topological polar surface area (TPSA) is 81.6 Å². The highest BCUT2D eigenvalue weighted by atomic mass is 16.6. The van der Waals surface area contributed by atoms with Crippen LogP contribution in [0, 0.1) is 6.92 Å². The Bertz CT molecular complexity index is 462. The first-order chi connectivity index (χ1) is 8.54. The maximum atomic E-state index is 11.5. The molecule has 7 nitrogen and oxygen atoms in total. The van der Waals surface area contributed by atoms with Crippen LogP contribution in [0.2, 0.25) is 0 Å². The lowest BCUT2D eigenvalue weighted by molar-refractivity contribution is -0.145. The van der Waals surface area contributed by atoms with Crippen LogP contribution in [0.3, 0.4) is 0 Å². The molecule has 94 valence electrons. The summed E-state index contributed by atoms with van der Waals surface area (Å²) in [5, 5.41) is 0. The summed E-state index contributed by atoms with van der Waals surface area (Å²) in [6.07, 6.45) is 2.97. The number of hydrogen-bond donors (Lipinski definition) is 0. The number of hydrogen-bond acceptors (Lipinski definition) is 7. The molecule has 0 bridgehead atoms. The maximum absolute atomic E-state index is 11.5. The van der Waals surface area contributed by atoms with Crippen LogP contribution in [0.15, 0.2) is 12.4 Å². The molecule has 0 saturated carbocycles. The minimum absolute atomic E-state index is 0.0326. The number of carbonyl (C=O) groups is 2. The molecular formula is C10H12BN3O4. The molecule has 0 atom stereocenters. The monoisotopic (exact) mass is 249 g/mol. The Morgan fingerprint density at radius 1 is 1.22 bits per heavy atom. The van der Waals surface area contributed by atoms with E-state index in [4.69, 9.17) is 9.31 Å². The summed E-state index contributed by atoms with van der Waals surface area (Å²) in [7, 11) is 0.515. The molecule has 1 aliphatic rings. The van der Waals surface area contributed by atoms with Gasteiger partial charge in [0, 0.05) is 12.4 Å². The Morgan fingerprint density at radius 2 is 1.83 bits per heavy atom. The fourth-order valence-electron chi connectivity index (χ4n) is 1.55. The Labute approximate surface area is 104 Å². The van der Waals surface area contributed by atoms with Gasteiger partial charge in [-0.3, -0.25) is 24.5 Å². The third-order valence-electron chi connectivity index (χ3n) is 2.29. The third kappa shape index (κ3) is 3.04. The molecule has 1 saturated heterocycles. The standard InChI is InChI=1S/C10H12BN3O4/c1-7-3-12-4-8(13-7)11-17-9(15)5-14(2)6-10(16)18-11/h3-4H,5-6H2,1-2H3. The van der Waals surface area contributed by atoms with Crippen LogP contribution in [-0.4, -0.2) is 54.1 Å². The predicted molar refractivity (Wildman–Crippen MR) is 61.8 cm³/mol. The molecule has 1 aliphatic heterocycles. The van der Waals surface area contributed by atoms with Gasteiger partial charge in [-0.15, -0.1) is 0 Å². The average Bonchev–Trinajstić information content (AvgIpc) is 2.25. The van der Waals surface area contributed by atoms with Crippen molar-refractivity contribution in [1.29, 1.82) is 0 Å². The highest BCUT2D eigenvalue weighted by Crippen LogP contribution is 2.00.